The molecule has 1 aromatic rings. The molecule has 2 heterocycles. The average molecular weight is 369 g/mol. The summed E-state index contributed by atoms with van der Waals surface area (Å²) in [7, 11) is -1.47. The zero-order valence-corrected chi connectivity index (χ0v) is 13.9. The van der Waals surface area contributed by atoms with Crippen LogP contribution in [-0.2, 0) is 16.6 Å². The Bertz CT molecular complexity index is 544. The van der Waals surface area contributed by atoms with Crippen LogP contribution in [0.3, 0.4) is 0 Å². The number of sulfonamides is 1. The molecule has 0 atom stereocenters. The van der Waals surface area contributed by atoms with Crippen molar-refractivity contribution in [3.05, 3.63) is 14.7 Å². The van der Waals surface area contributed by atoms with Crippen molar-refractivity contribution in [1.82, 2.24) is 9.21 Å². The maximum Gasteiger partial charge on any atom is 0.245 e. The number of nitrogens with zero attached hydrogens (tertiary/aromatic N) is 2. The summed E-state index contributed by atoms with van der Waals surface area (Å²) in [5.41, 5.74) is 0. The second-order valence-electron chi connectivity index (χ2n) is 4.57. The summed E-state index contributed by atoms with van der Waals surface area (Å²) in [5.74, 6) is 0. The van der Waals surface area contributed by atoms with E-state index in [2.05, 4.69) is 20.8 Å². The molecule has 0 aliphatic carbocycles. The van der Waals surface area contributed by atoms with E-state index >= 15 is 0 Å². The maximum absolute atomic E-state index is 12.6. The summed E-state index contributed by atoms with van der Waals surface area (Å²) >= 11 is 4.54. The fourth-order valence-corrected chi connectivity index (χ4v) is 6.02. The van der Waals surface area contributed by atoms with Crippen molar-refractivity contribution in [2.75, 3.05) is 33.2 Å². The first-order valence-electron chi connectivity index (χ1n) is 6.03. The zero-order valence-electron chi connectivity index (χ0n) is 10.7. The highest BCUT2D eigenvalue weighted by molar-refractivity contribution is 9.11. The molecule has 1 saturated heterocycles. The predicted molar refractivity (Wildman–Crippen MR) is 78.8 cm³/mol. The van der Waals surface area contributed by atoms with Gasteiger partial charge in [-0.15, -0.1) is 11.3 Å². The van der Waals surface area contributed by atoms with Crippen LogP contribution in [0.2, 0.25) is 0 Å². The number of aliphatic hydroxyl groups excluding tert-OH is 1. The van der Waals surface area contributed by atoms with E-state index in [9.17, 15) is 8.42 Å². The Morgan fingerprint density at radius 2 is 2.11 bits per heavy atom. The number of likely N-dealkylation sites (N-methyl/N-ethyl adjacent to an activating group) is 1. The monoisotopic (exact) mass is 368 g/mol. The minimum absolute atomic E-state index is 0.137. The van der Waals surface area contributed by atoms with Gasteiger partial charge < -0.3 is 10.0 Å². The van der Waals surface area contributed by atoms with E-state index in [0.29, 0.717) is 21.8 Å². The van der Waals surface area contributed by atoms with Crippen LogP contribution in [0.5, 0.6) is 0 Å². The Morgan fingerprint density at radius 1 is 1.37 bits per heavy atom. The highest BCUT2D eigenvalue weighted by Crippen LogP contribution is 2.33. The Kier molecular flexibility index (Phi) is 5.02. The molecule has 0 aromatic carbocycles. The molecule has 0 unspecified atom stereocenters. The van der Waals surface area contributed by atoms with Crippen LogP contribution in [0.1, 0.15) is 11.3 Å². The highest BCUT2D eigenvalue weighted by Gasteiger charge is 2.29. The van der Waals surface area contributed by atoms with Crippen LogP contribution in [0, 0.1) is 0 Å². The van der Waals surface area contributed by atoms with Crippen LogP contribution < -0.4 is 0 Å². The average Bonchev–Trinajstić information content (AvgIpc) is 2.60. The molecule has 0 amide bonds. The highest BCUT2D eigenvalue weighted by atomic mass is 79.9. The number of hydrogen-bond donors (Lipinski definition) is 1. The molecule has 1 aromatic heterocycles. The predicted octanol–water partition coefficient (Wildman–Crippen LogP) is 1.33. The standard InChI is InChI=1S/C11H17BrN2O3S2/c1-13-3-2-4-14(6-5-13)19(16,17)10-7-9(8-15)18-11(10)12/h7,15H,2-6,8H2,1H3. The van der Waals surface area contributed by atoms with Gasteiger partial charge in [-0.2, -0.15) is 4.31 Å². The lowest BCUT2D eigenvalue weighted by molar-refractivity contribution is 0.285. The smallest absolute Gasteiger partial charge is 0.245 e. The molecule has 5 nitrogen and oxygen atoms in total. The molecule has 0 spiro atoms. The fourth-order valence-electron chi connectivity index (χ4n) is 2.05. The van der Waals surface area contributed by atoms with Gasteiger partial charge in [0.05, 0.1) is 10.4 Å². The first-order valence-corrected chi connectivity index (χ1v) is 9.08. The quantitative estimate of drug-likeness (QED) is 0.873. The van der Waals surface area contributed by atoms with E-state index in [1.165, 1.54) is 15.6 Å². The van der Waals surface area contributed by atoms with Crippen molar-refractivity contribution in [2.24, 2.45) is 0 Å². The SMILES string of the molecule is CN1CCCN(S(=O)(=O)c2cc(CO)sc2Br)CC1. The minimum Gasteiger partial charge on any atom is -0.391 e. The van der Waals surface area contributed by atoms with E-state index in [4.69, 9.17) is 5.11 Å². The third kappa shape index (κ3) is 3.37. The third-order valence-corrected chi connectivity index (χ3v) is 7.29. The van der Waals surface area contributed by atoms with Gasteiger partial charge in [-0.25, -0.2) is 8.42 Å². The number of aliphatic hydroxyl groups is 1. The Morgan fingerprint density at radius 3 is 2.74 bits per heavy atom. The molecule has 1 aliphatic heterocycles. The Hall–Kier alpha value is 0.01000. The molecule has 108 valence electrons. The maximum atomic E-state index is 12.6. The van der Waals surface area contributed by atoms with E-state index in [0.717, 1.165) is 19.5 Å². The summed E-state index contributed by atoms with van der Waals surface area (Å²) < 4.78 is 27.3. The van der Waals surface area contributed by atoms with Gasteiger partial charge >= 0.3 is 0 Å². The van der Waals surface area contributed by atoms with Crippen LogP contribution in [0.4, 0.5) is 0 Å². The second-order valence-corrected chi connectivity index (χ2v) is 8.93. The van der Waals surface area contributed by atoms with Gasteiger partial charge in [0.15, 0.2) is 0 Å². The lowest BCUT2D eigenvalue weighted by Crippen LogP contribution is -2.34. The number of rotatable bonds is 3. The van der Waals surface area contributed by atoms with Gasteiger partial charge in [0, 0.05) is 24.5 Å². The van der Waals surface area contributed by atoms with Crippen LogP contribution in [0.15, 0.2) is 14.7 Å². The van der Waals surface area contributed by atoms with Crippen molar-refractivity contribution >= 4 is 37.3 Å². The van der Waals surface area contributed by atoms with Gasteiger partial charge in [-0.3, -0.25) is 0 Å². The summed E-state index contributed by atoms with van der Waals surface area (Å²) in [5, 5.41) is 9.11. The molecule has 19 heavy (non-hydrogen) atoms. The Labute approximate surface area is 126 Å². The van der Waals surface area contributed by atoms with Crippen molar-refractivity contribution in [1.29, 1.82) is 0 Å². The fraction of sp³-hybridized carbons (Fsp3) is 0.636. The van der Waals surface area contributed by atoms with Crippen molar-refractivity contribution in [3.8, 4) is 0 Å². The summed E-state index contributed by atoms with van der Waals surface area (Å²) in [6.45, 7) is 2.58. The molecular formula is C11H17BrN2O3S2. The van der Waals surface area contributed by atoms with Crippen molar-refractivity contribution < 1.29 is 13.5 Å². The van der Waals surface area contributed by atoms with E-state index in [1.54, 1.807) is 6.07 Å². The lowest BCUT2D eigenvalue weighted by Gasteiger charge is -2.19. The molecule has 2 rings (SSSR count). The van der Waals surface area contributed by atoms with Gasteiger partial charge in [0.2, 0.25) is 10.0 Å². The molecular weight excluding hydrogens is 352 g/mol. The first kappa shape index (κ1) is 15.4. The largest absolute Gasteiger partial charge is 0.391 e. The van der Waals surface area contributed by atoms with Crippen LogP contribution in [-0.4, -0.2) is 56.0 Å². The summed E-state index contributed by atoms with van der Waals surface area (Å²) in [6, 6.07) is 1.55. The number of hydrogen-bond acceptors (Lipinski definition) is 5. The van der Waals surface area contributed by atoms with Crippen molar-refractivity contribution in [2.45, 2.75) is 17.9 Å². The van der Waals surface area contributed by atoms with Crippen LogP contribution in [0.25, 0.3) is 0 Å². The number of thiophene rings is 1. The van der Waals surface area contributed by atoms with E-state index in [1.807, 2.05) is 7.05 Å². The number of halogens is 1. The third-order valence-electron chi connectivity index (χ3n) is 3.16. The molecule has 1 N–H and O–H groups in total. The summed E-state index contributed by atoms with van der Waals surface area (Å²) in [6.07, 6.45) is 0.838. The molecule has 0 bridgehead atoms. The molecule has 1 fully saturated rings. The van der Waals surface area contributed by atoms with Gasteiger partial charge in [0.1, 0.15) is 4.90 Å². The molecule has 1 aliphatic rings. The minimum atomic E-state index is -3.47. The first-order chi connectivity index (χ1) is 8.95. The van der Waals surface area contributed by atoms with Crippen LogP contribution >= 0.6 is 27.3 Å². The van der Waals surface area contributed by atoms with Crippen molar-refractivity contribution in [3.63, 3.8) is 0 Å². The zero-order chi connectivity index (χ0) is 14.0. The van der Waals surface area contributed by atoms with Gasteiger partial charge in [0.25, 0.3) is 0 Å². The van der Waals surface area contributed by atoms with E-state index < -0.39 is 10.0 Å². The topological polar surface area (TPSA) is 60.9 Å². The molecule has 0 saturated carbocycles. The van der Waals surface area contributed by atoms with Gasteiger partial charge in [-0.05, 0) is 42.0 Å². The van der Waals surface area contributed by atoms with E-state index in [-0.39, 0.29) is 11.5 Å². The molecule has 0 radical (unpaired) electrons. The lowest BCUT2D eigenvalue weighted by atomic mass is 10.4. The summed E-state index contributed by atoms with van der Waals surface area (Å²) in [4.78, 5) is 3.06. The van der Waals surface area contributed by atoms with Gasteiger partial charge in [-0.1, -0.05) is 0 Å². The normalized spacial score (nSPS) is 19.5. The Balaban J connectivity index is 2.28. The molecule has 8 heteroatoms. The second kappa shape index (κ2) is 6.19.